The highest BCUT2D eigenvalue weighted by molar-refractivity contribution is 6.00. The van der Waals surface area contributed by atoms with Gasteiger partial charge in [-0.3, -0.25) is 9.59 Å². The maximum absolute atomic E-state index is 14.0. The van der Waals surface area contributed by atoms with Gasteiger partial charge in [-0.25, -0.2) is 9.97 Å². The van der Waals surface area contributed by atoms with Crippen LogP contribution in [0.1, 0.15) is 99.3 Å². The summed E-state index contributed by atoms with van der Waals surface area (Å²) in [7, 11) is 1.69. The number of likely N-dealkylation sites (tertiary alicyclic amines) is 1. The van der Waals surface area contributed by atoms with Gasteiger partial charge in [-0.15, -0.1) is 0 Å². The fourth-order valence-electron chi connectivity index (χ4n) is 8.88. The lowest BCUT2D eigenvalue weighted by Gasteiger charge is -2.37. The second-order valence-electron chi connectivity index (χ2n) is 14.9. The largest absolute Gasteiger partial charge is 0.494 e. The van der Waals surface area contributed by atoms with Gasteiger partial charge in [0, 0.05) is 48.1 Å². The molecule has 246 valence electrons. The van der Waals surface area contributed by atoms with E-state index in [0.29, 0.717) is 35.7 Å². The third-order valence-electron chi connectivity index (χ3n) is 11.8. The Morgan fingerprint density at radius 2 is 1.83 bits per heavy atom. The van der Waals surface area contributed by atoms with Gasteiger partial charge in [0.05, 0.1) is 30.1 Å². The zero-order valence-electron chi connectivity index (χ0n) is 27.5. The maximum atomic E-state index is 14.0. The Morgan fingerprint density at radius 3 is 2.66 bits per heavy atom. The number of aromatic nitrogens is 4. The van der Waals surface area contributed by atoms with Crippen LogP contribution in [0.2, 0.25) is 0 Å². The van der Waals surface area contributed by atoms with Crippen LogP contribution < -0.4 is 15.8 Å². The molecule has 10 nitrogen and oxygen atoms in total. The molecule has 3 N–H and O–H groups in total. The molecule has 0 spiro atoms. The van der Waals surface area contributed by atoms with E-state index < -0.39 is 0 Å². The first-order valence-corrected chi connectivity index (χ1v) is 17.9. The number of fused-ring (bicyclic) bond motifs is 5. The molecule has 1 saturated heterocycles. The van der Waals surface area contributed by atoms with Gasteiger partial charge < -0.3 is 29.8 Å². The molecule has 5 heterocycles. The number of benzene rings is 1. The zero-order chi connectivity index (χ0) is 32.0. The minimum absolute atomic E-state index is 0.0197. The molecule has 0 radical (unpaired) electrons. The number of nitrogens with zero attached hydrogens (tertiary/aromatic N) is 5. The van der Waals surface area contributed by atoms with Crippen molar-refractivity contribution in [3.05, 3.63) is 41.6 Å². The van der Waals surface area contributed by atoms with E-state index in [-0.39, 0.29) is 35.9 Å². The van der Waals surface area contributed by atoms with Gasteiger partial charge in [0.25, 0.3) is 5.91 Å². The normalized spacial score (nSPS) is 29.2. The monoisotopic (exact) mass is 635 g/mol. The van der Waals surface area contributed by atoms with Gasteiger partial charge in [-0.2, -0.15) is 0 Å². The molecule has 4 bridgehead atoms. The van der Waals surface area contributed by atoms with Crippen LogP contribution in [0.3, 0.4) is 0 Å². The van der Waals surface area contributed by atoms with Crippen LogP contribution in [-0.2, 0) is 11.3 Å². The van der Waals surface area contributed by atoms with Gasteiger partial charge in [-0.05, 0) is 100 Å². The molecule has 2 aliphatic heterocycles. The Hall–Kier alpha value is -3.92. The molecule has 47 heavy (non-hydrogen) atoms. The fourth-order valence-corrected chi connectivity index (χ4v) is 8.88. The van der Waals surface area contributed by atoms with Crippen molar-refractivity contribution in [1.29, 1.82) is 0 Å². The predicted molar refractivity (Wildman–Crippen MR) is 180 cm³/mol. The van der Waals surface area contributed by atoms with Gasteiger partial charge in [0.15, 0.2) is 5.82 Å². The van der Waals surface area contributed by atoms with E-state index in [9.17, 15) is 9.59 Å². The lowest BCUT2D eigenvalue weighted by Crippen LogP contribution is -2.51. The molecule has 9 rings (SSSR count). The highest BCUT2D eigenvalue weighted by Crippen LogP contribution is 2.46. The smallest absolute Gasteiger partial charge is 0.254 e. The molecule has 2 amide bonds. The number of piperidine rings is 1. The van der Waals surface area contributed by atoms with Crippen molar-refractivity contribution in [3.63, 3.8) is 0 Å². The molecule has 4 fully saturated rings. The van der Waals surface area contributed by atoms with Crippen molar-refractivity contribution in [2.75, 3.05) is 13.7 Å². The van der Waals surface area contributed by atoms with Crippen molar-refractivity contribution in [2.24, 2.45) is 23.5 Å². The molecule has 0 unspecified atom stereocenters. The molecule has 3 aromatic heterocycles. The minimum Gasteiger partial charge on any atom is -0.494 e. The van der Waals surface area contributed by atoms with E-state index in [1.165, 1.54) is 0 Å². The topological polar surface area (TPSA) is 120 Å². The van der Waals surface area contributed by atoms with Crippen LogP contribution in [0, 0.1) is 17.8 Å². The van der Waals surface area contributed by atoms with Gasteiger partial charge in [0.2, 0.25) is 5.91 Å². The van der Waals surface area contributed by atoms with Crippen LogP contribution in [0.5, 0.6) is 5.75 Å². The summed E-state index contributed by atoms with van der Waals surface area (Å²) < 4.78 is 10.7. The summed E-state index contributed by atoms with van der Waals surface area (Å²) in [5, 5.41) is 4.30. The zero-order valence-corrected chi connectivity index (χ0v) is 27.5. The maximum Gasteiger partial charge on any atom is 0.254 e. The van der Waals surface area contributed by atoms with Crippen LogP contribution >= 0.6 is 0 Å². The van der Waals surface area contributed by atoms with Crippen LogP contribution in [-0.4, -0.2) is 61.6 Å². The standard InChI is InChI=1S/C37H45N7O3/c1-20-29-12-8-23-17-31(42(34(23)40-29)13-5-3-4-6-21-15-27(21)36(45)39-20)35-41-30-16-24(18-32(47-2)33(30)44(35)25-10-11-25)37(46)43-19-28(38)22-7-9-26(43)14-22/h8,12,16-18,20-22,25-28H,3-7,9-11,13-15,19,38H2,1-2H3,(H,39,45)/t20-,21-,22-,26+,27-,28+/m1/s1. The van der Waals surface area contributed by atoms with E-state index in [0.717, 1.165) is 110 Å². The number of pyridine rings is 1. The Morgan fingerprint density at radius 1 is 0.979 bits per heavy atom. The molecule has 3 saturated carbocycles. The summed E-state index contributed by atoms with van der Waals surface area (Å²) in [6, 6.07) is 10.7. The summed E-state index contributed by atoms with van der Waals surface area (Å²) in [6.45, 7) is 3.48. The Kier molecular flexibility index (Phi) is 6.89. The van der Waals surface area contributed by atoms with Crippen LogP contribution in [0.25, 0.3) is 33.6 Å². The number of carbonyl (C=O) groups excluding carboxylic acids is 2. The number of methoxy groups -OCH3 is 1. The molecule has 1 aromatic carbocycles. The Bertz CT molecular complexity index is 1910. The first kappa shape index (κ1) is 29.2. The van der Waals surface area contributed by atoms with Crippen molar-refractivity contribution >= 4 is 33.9 Å². The Labute approximate surface area is 275 Å². The summed E-state index contributed by atoms with van der Waals surface area (Å²) in [5.74, 6) is 2.97. The first-order valence-electron chi connectivity index (χ1n) is 17.9. The predicted octanol–water partition coefficient (Wildman–Crippen LogP) is 5.74. The number of hydrogen-bond acceptors (Lipinski definition) is 6. The van der Waals surface area contributed by atoms with Crippen molar-refractivity contribution in [2.45, 2.75) is 102 Å². The second kappa shape index (κ2) is 11.1. The number of aryl methyl sites for hydroxylation is 1. The number of hydrogen-bond donors (Lipinski definition) is 2. The SMILES string of the molecule is COc1cc(C(=O)N2C[C@H](N)[C@@H]3CC[C@H]2C3)cc2nc(-c3cc4ccc5nc4n3CCCCC[C@@H]3C[C@H]3C(=O)N[C@@H]5C)n(C3CC3)c12. The highest BCUT2D eigenvalue weighted by atomic mass is 16.5. The third-order valence-corrected chi connectivity index (χ3v) is 11.8. The molecule has 10 heteroatoms. The number of nitrogens with one attached hydrogen (secondary N) is 1. The average molecular weight is 636 g/mol. The van der Waals surface area contributed by atoms with Gasteiger partial charge >= 0.3 is 0 Å². The Balaban J connectivity index is 1.15. The number of amides is 2. The van der Waals surface area contributed by atoms with Gasteiger partial charge in [0.1, 0.15) is 16.9 Å². The highest BCUT2D eigenvalue weighted by Gasteiger charge is 2.43. The lowest BCUT2D eigenvalue weighted by atomic mass is 9.94. The van der Waals surface area contributed by atoms with E-state index in [2.05, 4.69) is 26.6 Å². The molecular formula is C37H45N7O3. The van der Waals surface area contributed by atoms with Crippen molar-refractivity contribution < 1.29 is 14.3 Å². The summed E-state index contributed by atoms with van der Waals surface area (Å²) in [6.07, 6.45) is 10.7. The number of carbonyl (C=O) groups is 2. The fraction of sp³-hybridized carbons (Fsp3) is 0.568. The lowest BCUT2D eigenvalue weighted by molar-refractivity contribution is -0.123. The van der Waals surface area contributed by atoms with Crippen LogP contribution in [0.15, 0.2) is 30.3 Å². The molecular weight excluding hydrogens is 590 g/mol. The number of rotatable bonds is 4. The third kappa shape index (κ3) is 4.93. The van der Waals surface area contributed by atoms with Crippen molar-refractivity contribution in [3.8, 4) is 17.3 Å². The molecule has 6 atom stereocenters. The number of ether oxygens (including phenoxy) is 1. The molecule has 4 aromatic rings. The molecule has 3 aliphatic carbocycles. The van der Waals surface area contributed by atoms with E-state index >= 15 is 0 Å². The van der Waals surface area contributed by atoms with Crippen LogP contribution in [0.4, 0.5) is 0 Å². The van der Waals surface area contributed by atoms with Gasteiger partial charge in [-0.1, -0.05) is 12.8 Å². The minimum atomic E-state index is -0.163. The summed E-state index contributed by atoms with van der Waals surface area (Å²) in [4.78, 5) is 39.4. The summed E-state index contributed by atoms with van der Waals surface area (Å²) >= 11 is 0. The quantitative estimate of drug-likeness (QED) is 0.295. The second-order valence-corrected chi connectivity index (χ2v) is 14.9. The van der Waals surface area contributed by atoms with E-state index in [1.54, 1.807) is 7.11 Å². The van der Waals surface area contributed by atoms with Crippen molar-refractivity contribution in [1.82, 2.24) is 29.3 Å². The number of nitrogens with two attached hydrogens (primary N) is 1. The average Bonchev–Trinajstić information content (AvgIpc) is 3.95. The van der Waals surface area contributed by atoms with E-state index in [1.807, 2.05) is 30.0 Å². The summed E-state index contributed by atoms with van der Waals surface area (Å²) in [5.41, 5.74) is 11.7. The number of imidazole rings is 1. The molecule has 5 aliphatic rings. The van der Waals surface area contributed by atoms with E-state index in [4.69, 9.17) is 20.4 Å². The first-order chi connectivity index (χ1) is 22.9.